The summed E-state index contributed by atoms with van der Waals surface area (Å²) in [5, 5.41) is 0. The molecule has 0 unspecified atom stereocenters. The van der Waals surface area contributed by atoms with Crippen LogP contribution in [0.25, 0.3) is 0 Å². The van der Waals surface area contributed by atoms with E-state index in [1.54, 1.807) is 6.08 Å². The lowest BCUT2D eigenvalue weighted by Crippen LogP contribution is -2.17. The lowest BCUT2D eigenvalue weighted by atomic mass is 9.78. The third kappa shape index (κ3) is 6.38. The van der Waals surface area contributed by atoms with Crippen LogP contribution >= 0.6 is 0 Å². The van der Waals surface area contributed by atoms with Crippen LogP contribution in [0.3, 0.4) is 0 Å². The fourth-order valence-electron chi connectivity index (χ4n) is 3.77. The minimum atomic E-state index is -4.92. The molecule has 1 aliphatic rings. The van der Waals surface area contributed by atoms with Crippen LogP contribution in [-0.4, -0.2) is 6.36 Å². The average molecular weight is 416 g/mol. The van der Waals surface area contributed by atoms with Crippen LogP contribution in [-0.2, 0) is 6.42 Å². The smallest absolute Gasteiger partial charge is 0.403 e. The first-order valence-electron chi connectivity index (χ1n) is 10.2. The second kappa shape index (κ2) is 9.84. The first kappa shape index (κ1) is 22.0. The van der Waals surface area contributed by atoms with Crippen molar-refractivity contribution in [1.82, 2.24) is 0 Å². The highest BCUT2D eigenvalue weighted by molar-refractivity contribution is 5.41. The second-order valence-corrected chi connectivity index (χ2v) is 7.53. The molecule has 5 heteroatoms. The Morgan fingerprint density at radius 2 is 1.73 bits per heavy atom. The van der Waals surface area contributed by atoms with E-state index in [0.29, 0.717) is 17.4 Å². The van der Waals surface area contributed by atoms with Gasteiger partial charge < -0.3 is 4.74 Å². The molecule has 0 N–H and O–H groups in total. The quantitative estimate of drug-likeness (QED) is 0.379. The van der Waals surface area contributed by atoms with Gasteiger partial charge in [0.15, 0.2) is 11.6 Å². The summed E-state index contributed by atoms with van der Waals surface area (Å²) < 4.78 is 53.8. The highest BCUT2D eigenvalue weighted by Crippen LogP contribution is 2.36. The molecule has 1 nitrogen and oxygen atoms in total. The Hall–Kier alpha value is -2.74. The van der Waals surface area contributed by atoms with Gasteiger partial charge in [-0.1, -0.05) is 49.1 Å². The highest BCUT2D eigenvalue weighted by Gasteiger charge is 2.32. The molecule has 2 aromatic rings. The monoisotopic (exact) mass is 416 g/mol. The van der Waals surface area contributed by atoms with E-state index in [9.17, 15) is 17.6 Å². The molecule has 0 radical (unpaired) electrons. The molecule has 3 rings (SSSR count). The number of aryl methyl sites for hydroxylation is 1. The molecule has 0 atom stereocenters. The van der Waals surface area contributed by atoms with Gasteiger partial charge in [0.2, 0.25) is 0 Å². The van der Waals surface area contributed by atoms with Crippen LogP contribution in [0.1, 0.15) is 55.2 Å². The van der Waals surface area contributed by atoms with Gasteiger partial charge in [0.25, 0.3) is 0 Å². The third-order valence-corrected chi connectivity index (χ3v) is 5.46. The lowest BCUT2D eigenvalue weighted by Gasteiger charge is -2.27. The topological polar surface area (TPSA) is 9.23 Å². The summed E-state index contributed by atoms with van der Waals surface area (Å²) in [5.41, 5.74) is 3.07. The van der Waals surface area contributed by atoms with E-state index in [-0.39, 0.29) is 0 Å². The normalized spacial score (nSPS) is 19.4. The molecule has 1 fully saturated rings. The Morgan fingerprint density at radius 3 is 2.33 bits per heavy atom. The highest BCUT2D eigenvalue weighted by atomic mass is 19.4. The van der Waals surface area contributed by atoms with Gasteiger partial charge in [-0.05, 0) is 79.3 Å². The number of halogens is 4. The summed E-state index contributed by atoms with van der Waals surface area (Å²) in [6.07, 6.45) is 4.41. The van der Waals surface area contributed by atoms with E-state index in [1.807, 2.05) is 0 Å². The van der Waals surface area contributed by atoms with Gasteiger partial charge >= 0.3 is 6.36 Å². The maximum Gasteiger partial charge on any atom is 0.573 e. The van der Waals surface area contributed by atoms with Gasteiger partial charge in [0, 0.05) is 5.56 Å². The zero-order valence-corrected chi connectivity index (χ0v) is 16.8. The number of ether oxygens (including phenoxy) is 1. The Balaban J connectivity index is 1.51. The Bertz CT molecular complexity index is 924. The number of rotatable bonds is 4. The maximum atomic E-state index is 13.7. The van der Waals surface area contributed by atoms with Gasteiger partial charge in [-0.2, -0.15) is 0 Å². The zero-order chi connectivity index (χ0) is 21.6. The molecule has 0 amide bonds. The molecule has 0 aromatic heterocycles. The molecule has 30 heavy (non-hydrogen) atoms. The molecule has 0 bridgehead atoms. The largest absolute Gasteiger partial charge is 0.573 e. The Kier molecular flexibility index (Phi) is 7.20. The van der Waals surface area contributed by atoms with Crippen LogP contribution < -0.4 is 4.74 Å². The van der Waals surface area contributed by atoms with Crippen molar-refractivity contribution in [1.29, 1.82) is 0 Å². The molecule has 2 aromatic carbocycles. The molecular weight excluding hydrogens is 392 g/mol. The fourth-order valence-corrected chi connectivity index (χ4v) is 3.77. The number of hydrogen-bond acceptors (Lipinski definition) is 1. The summed E-state index contributed by atoms with van der Waals surface area (Å²) in [5.74, 6) is 4.71. The first-order chi connectivity index (χ1) is 14.3. The van der Waals surface area contributed by atoms with Gasteiger partial charge in [-0.15, -0.1) is 13.2 Å². The van der Waals surface area contributed by atoms with Crippen molar-refractivity contribution in [2.24, 2.45) is 5.92 Å². The Morgan fingerprint density at radius 1 is 1.03 bits per heavy atom. The SMILES string of the molecule is CCc1ccc([C@H]2CC[C@H](C=CC#Cc3ccc(OC(F)(F)F)c(F)c3)CC2)cc1. The summed E-state index contributed by atoms with van der Waals surface area (Å²) in [6.45, 7) is 2.16. The molecule has 0 aliphatic heterocycles. The van der Waals surface area contributed by atoms with Crippen LogP contribution in [0.5, 0.6) is 5.75 Å². The van der Waals surface area contributed by atoms with E-state index >= 15 is 0 Å². The molecule has 0 heterocycles. The van der Waals surface area contributed by atoms with Crippen LogP contribution in [0.2, 0.25) is 0 Å². The van der Waals surface area contributed by atoms with E-state index in [0.717, 1.165) is 44.2 Å². The summed E-state index contributed by atoms with van der Waals surface area (Å²) in [7, 11) is 0. The van der Waals surface area contributed by atoms with Gasteiger partial charge in [0.1, 0.15) is 0 Å². The van der Waals surface area contributed by atoms with Crippen molar-refractivity contribution in [3.8, 4) is 17.6 Å². The third-order valence-electron chi connectivity index (χ3n) is 5.46. The predicted molar refractivity (Wildman–Crippen MR) is 110 cm³/mol. The minimum Gasteiger partial charge on any atom is -0.403 e. The molecule has 158 valence electrons. The van der Waals surface area contributed by atoms with Crippen molar-refractivity contribution in [3.05, 3.63) is 77.1 Å². The molecule has 1 saturated carbocycles. The number of allylic oxidation sites excluding steroid dienone is 2. The summed E-state index contributed by atoms with van der Waals surface area (Å²) in [6, 6.07) is 12.1. The van der Waals surface area contributed by atoms with E-state index in [1.165, 1.54) is 17.2 Å². The van der Waals surface area contributed by atoms with Crippen molar-refractivity contribution >= 4 is 0 Å². The summed E-state index contributed by atoms with van der Waals surface area (Å²) in [4.78, 5) is 0. The fraction of sp³-hybridized carbons (Fsp3) is 0.360. The number of hydrogen-bond donors (Lipinski definition) is 0. The summed E-state index contributed by atoms with van der Waals surface area (Å²) >= 11 is 0. The predicted octanol–water partition coefficient (Wildman–Crippen LogP) is 7.17. The molecule has 1 aliphatic carbocycles. The van der Waals surface area contributed by atoms with Gasteiger partial charge in [-0.25, -0.2) is 4.39 Å². The van der Waals surface area contributed by atoms with Crippen LogP contribution in [0.4, 0.5) is 17.6 Å². The molecular formula is C25H24F4O. The minimum absolute atomic E-state index is 0.297. The standard InChI is InChI=1S/C25H24F4O/c1-2-18-7-12-21(13-8-18)22-14-9-19(10-15-22)5-3-4-6-20-11-16-24(23(26)17-20)30-25(27,28)29/h3,5,7-8,11-13,16-17,19,22H,2,9-10,14-15H2,1H3/t19-,22-. The van der Waals surface area contributed by atoms with E-state index in [2.05, 4.69) is 53.8 Å². The van der Waals surface area contributed by atoms with Gasteiger partial charge in [-0.3, -0.25) is 0 Å². The molecule has 0 saturated heterocycles. The molecule has 0 spiro atoms. The van der Waals surface area contributed by atoms with Crippen molar-refractivity contribution in [2.75, 3.05) is 0 Å². The second-order valence-electron chi connectivity index (χ2n) is 7.53. The number of alkyl halides is 3. The van der Waals surface area contributed by atoms with Gasteiger partial charge in [0.05, 0.1) is 0 Å². The van der Waals surface area contributed by atoms with Crippen LogP contribution in [0.15, 0.2) is 54.6 Å². The van der Waals surface area contributed by atoms with Crippen molar-refractivity contribution in [2.45, 2.75) is 51.3 Å². The maximum absolute atomic E-state index is 13.7. The number of benzene rings is 2. The van der Waals surface area contributed by atoms with Crippen LogP contribution in [0, 0.1) is 23.6 Å². The zero-order valence-electron chi connectivity index (χ0n) is 16.8. The van der Waals surface area contributed by atoms with Crippen molar-refractivity contribution < 1.29 is 22.3 Å². The first-order valence-corrected chi connectivity index (χ1v) is 10.2. The van der Waals surface area contributed by atoms with E-state index in [4.69, 9.17) is 0 Å². The average Bonchev–Trinajstić information content (AvgIpc) is 2.73. The van der Waals surface area contributed by atoms with E-state index < -0.39 is 17.9 Å². The van der Waals surface area contributed by atoms with Crippen molar-refractivity contribution in [3.63, 3.8) is 0 Å². The lowest BCUT2D eigenvalue weighted by molar-refractivity contribution is -0.275. The Labute approximate surface area is 174 Å².